The Morgan fingerprint density at radius 3 is 2.81 bits per heavy atom. The SMILES string of the molecule is Cc1sc(CN)nc1C1CCCCS1(=O)=O. The van der Waals surface area contributed by atoms with Gasteiger partial charge in [0.25, 0.3) is 0 Å². The molecule has 1 saturated heterocycles. The van der Waals surface area contributed by atoms with Crippen LogP contribution >= 0.6 is 11.3 Å². The Morgan fingerprint density at radius 1 is 1.50 bits per heavy atom. The van der Waals surface area contributed by atoms with Crippen molar-refractivity contribution in [2.75, 3.05) is 5.75 Å². The highest BCUT2D eigenvalue weighted by atomic mass is 32.2. The van der Waals surface area contributed by atoms with Crippen molar-refractivity contribution >= 4 is 21.2 Å². The van der Waals surface area contributed by atoms with Gasteiger partial charge >= 0.3 is 0 Å². The maximum Gasteiger partial charge on any atom is 0.158 e. The minimum atomic E-state index is -2.99. The molecule has 6 heteroatoms. The summed E-state index contributed by atoms with van der Waals surface area (Å²) in [5.41, 5.74) is 6.27. The summed E-state index contributed by atoms with van der Waals surface area (Å²) in [7, 11) is -2.99. The van der Waals surface area contributed by atoms with E-state index in [2.05, 4.69) is 4.98 Å². The second kappa shape index (κ2) is 4.43. The summed E-state index contributed by atoms with van der Waals surface area (Å²) < 4.78 is 23.9. The molecule has 16 heavy (non-hydrogen) atoms. The van der Waals surface area contributed by atoms with E-state index in [1.807, 2.05) is 6.92 Å². The quantitative estimate of drug-likeness (QED) is 0.875. The molecular formula is C10H16N2O2S2. The molecule has 1 atom stereocenters. The summed E-state index contributed by atoms with van der Waals surface area (Å²) in [6.45, 7) is 2.31. The van der Waals surface area contributed by atoms with E-state index >= 15 is 0 Å². The van der Waals surface area contributed by atoms with Crippen molar-refractivity contribution in [2.24, 2.45) is 5.73 Å². The van der Waals surface area contributed by atoms with Crippen molar-refractivity contribution in [3.63, 3.8) is 0 Å². The van der Waals surface area contributed by atoms with Crippen molar-refractivity contribution in [2.45, 2.75) is 38.0 Å². The topological polar surface area (TPSA) is 73.0 Å². The number of hydrogen-bond donors (Lipinski definition) is 1. The van der Waals surface area contributed by atoms with Crippen molar-refractivity contribution in [1.29, 1.82) is 0 Å². The average Bonchev–Trinajstić information content (AvgIpc) is 2.59. The van der Waals surface area contributed by atoms with Gasteiger partial charge < -0.3 is 5.73 Å². The van der Waals surface area contributed by atoms with Crippen molar-refractivity contribution in [1.82, 2.24) is 4.98 Å². The Hall–Kier alpha value is -0.460. The van der Waals surface area contributed by atoms with Crippen molar-refractivity contribution in [3.8, 4) is 0 Å². The van der Waals surface area contributed by atoms with Crippen molar-refractivity contribution in [3.05, 3.63) is 15.6 Å². The van der Waals surface area contributed by atoms with E-state index < -0.39 is 15.1 Å². The molecule has 4 nitrogen and oxygen atoms in total. The van der Waals surface area contributed by atoms with Gasteiger partial charge in [-0.05, 0) is 19.8 Å². The molecule has 90 valence electrons. The molecule has 0 bridgehead atoms. The molecule has 1 unspecified atom stereocenters. The largest absolute Gasteiger partial charge is 0.325 e. The lowest BCUT2D eigenvalue weighted by Crippen LogP contribution is -2.22. The maximum absolute atomic E-state index is 12.0. The Labute approximate surface area is 99.8 Å². The lowest BCUT2D eigenvalue weighted by molar-refractivity contribution is 0.542. The fourth-order valence-corrected chi connectivity index (χ4v) is 5.05. The number of rotatable bonds is 2. The first-order chi connectivity index (χ1) is 7.54. The summed E-state index contributed by atoms with van der Waals surface area (Å²) in [6, 6.07) is 0. The Balaban J connectivity index is 2.38. The molecule has 0 aromatic carbocycles. The summed E-state index contributed by atoms with van der Waals surface area (Å²) in [5, 5.41) is 0.436. The number of nitrogens with zero attached hydrogens (tertiary/aromatic N) is 1. The predicted molar refractivity (Wildman–Crippen MR) is 65.1 cm³/mol. The van der Waals surface area contributed by atoms with Gasteiger partial charge in [0.1, 0.15) is 10.3 Å². The molecular weight excluding hydrogens is 244 g/mol. The third kappa shape index (κ3) is 2.14. The van der Waals surface area contributed by atoms with Crippen molar-refractivity contribution < 1.29 is 8.42 Å². The number of aryl methyl sites for hydroxylation is 1. The van der Waals surface area contributed by atoms with E-state index in [0.717, 1.165) is 28.4 Å². The fourth-order valence-electron chi connectivity index (χ4n) is 2.11. The van der Waals surface area contributed by atoms with Crippen LogP contribution in [0.2, 0.25) is 0 Å². The highest BCUT2D eigenvalue weighted by Crippen LogP contribution is 2.36. The number of thiazole rings is 1. The van der Waals surface area contributed by atoms with Gasteiger partial charge in [-0.2, -0.15) is 0 Å². The normalized spacial score (nSPS) is 24.5. The predicted octanol–water partition coefficient (Wildman–Crippen LogP) is 1.55. The molecule has 0 amide bonds. The number of aromatic nitrogens is 1. The van der Waals surface area contributed by atoms with E-state index in [-0.39, 0.29) is 0 Å². The molecule has 1 fully saturated rings. The van der Waals surface area contributed by atoms with Gasteiger partial charge in [-0.3, -0.25) is 0 Å². The third-order valence-corrected chi connectivity index (χ3v) is 6.13. The lowest BCUT2D eigenvalue weighted by atomic mass is 10.1. The lowest BCUT2D eigenvalue weighted by Gasteiger charge is -2.21. The van der Waals surface area contributed by atoms with Gasteiger partial charge in [-0.15, -0.1) is 11.3 Å². The second-order valence-electron chi connectivity index (χ2n) is 4.10. The molecule has 0 radical (unpaired) electrons. The van der Waals surface area contributed by atoms with E-state index in [1.165, 1.54) is 11.3 Å². The minimum absolute atomic E-state index is 0.298. The molecule has 1 aromatic heterocycles. The minimum Gasteiger partial charge on any atom is -0.325 e. The first-order valence-electron chi connectivity index (χ1n) is 5.42. The highest BCUT2D eigenvalue weighted by molar-refractivity contribution is 7.91. The van der Waals surface area contributed by atoms with E-state index in [1.54, 1.807) is 0 Å². The van der Waals surface area contributed by atoms with Crippen LogP contribution in [-0.2, 0) is 16.4 Å². The molecule has 2 N–H and O–H groups in total. The molecule has 1 aliphatic heterocycles. The van der Waals surface area contributed by atoms with E-state index in [0.29, 0.717) is 18.7 Å². The smallest absolute Gasteiger partial charge is 0.158 e. The number of sulfone groups is 1. The summed E-state index contributed by atoms with van der Waals surface area (Å²) in [6.07, 6.45) is 2.46. The van der Waals surface area contributed by atoms with Crippen LogP contribution < -0.4 is 5.73 Å². The Morgan fingerprint density at radius 2 is 2.25 bits per heavy atom. The zero-order valence-corrected chi connectivity index (χ0v) is 10.9. The summed E-state index contributed by atoms with van der Waals surface area (Å²) in [5.74, 6) is 0.298. The third-order valence-electron chi connectivity index (χ3n) is 2.94. The van der Waals surface area contributed by atoms with Crippen LogP contribution in [0.3, 0.4) is 0 Å². The van der Waals surface area contributed by atoms with Crippen LogP contribution in [0.1, 0.15) is 40.1 Å². The van der Waals surface area contributed by atoms with Gasteiger partial charge in [0.15, 0.2) is 9.84 Å². The number of nitrogens with two attached hydrogens (primary N) is 1. The van der Waals surface area contributed by atoms with E-state index in [9.17, 15) is 8.42 Å². The molecule has 2 heterocycles. The van der Waals surface area contributed by atoms with Gasteiger partial charge in [-0.1, -0.05) is 6.42 Å². The molecule has 0 aliphatic carbocycles. The van der Waals surface area contributed by atoms with Crippen LogP contribution in [0, 0.1) is 6.92 Å². The van der Waals surface area contributed by atoms with Crippen LogP contribution in [0.5, 0.6) is 0 Å². The van der Waals surface area contributed by atoms with Crippen LogP contribution in [0.15, 0.2) is 0 Å². The van der Waals surface area contributed by atoms with Crippen LogP contribution in [0.4, 0.5) is 0 Å². The van der Waals surface area contributed by atoms with Gasteiger partial charge in [0.2, 0.25) is 0 Å². The average molecular weight is 260 g/mol. The van der Waals surface area contributed by atoms with Crippen LogP contribution in [0.25, 0.3) is 0 Å². The molecule has 2 rings (SSSR count). The molecule has 1 aromatic rings. The molecule has 0 saturated carbocycles. The summed E-state index contributed by atoms with van der Waals surface area (Å²) in [4.78, 5) is 5.36. The van der Waals surface area contributed by atoms with Crippen LogP contribution in [-0.4, -0.2) is 19.2 Å². The maximum atomic E-state index is 12.0. The Bertz CT molecular complexity index is 479. The summed E-state index contributed by atoms with van der Waals surface area (Å²) >= 11 is 1.51. The Kier molecular flexibility index (Phi) is 3.32. The molecule has 0 spiro atoms. The first kappa shape index (κ1) is 12.0. The fraction of sp³-hybridized carbons (Fsp3) is 0.700. The van der Waals surface area contributed by atoms with Gasteiger partial charge in [0, 0.05) is 11.4 Å². The zero-order chi connectivity index (χ0) is 11.8. The zero-order valence-electron chi connectivity index (χ0n) is 9.27. The first-order valence-corrected chi connectivity index (χ1v) is 7.95. The second-order valence-corrected chi connectivity index (χ2v) is 7.70. The standard InChI is InChI=1S/C10H16N2O2S2/c1-7-10(12-9(6-11)15-7)8-4-2-3-5-16(8,13)14/h8H,2-6,11H2,1H3. The number of hydrogen-bond acceptors (Lipinski definition) is 5. The monoisotopic (exact) mass is 260 g/mol. The van der Waals surface area contributed by atoms with E-state index in [4.69, 9.17) is 5.73 Å². The van der Waals surface area contributed by atoms with Gasteiger partial charge in [-0.25, -0.2) is 13.4 Å². The molecule has 1 aliphatic rings. The van der Waals surface area contributed by atoms with Gasteiger partial charge in [0.05, 0.1) is 11.4 Å². The highest BCUT2D eigenvalue weighted by Gasteiger charge is 2.33.